The Bertz CT molecular complexity index is 1270. The van der Waals surface area contributed by atoms with E-state index >= 15 is 0 Å². The summed E-state index contributed by atoms with van der Waals surface area (Å²) in [6.45, 7) is 3.18. The van der Waals surface area contributed by atoms with Gasteiger partial charge in [-0.3, -0.25) is 4.79 Å². The molecule has 3 rings (SSSR count). The monoisotopic (exact) mass is 580 g/mol. The van der Waals surface area contributed by atoms with Gasteiger partial charge in [-0.05, 0) is 61.3 Å². The minimum Gasteiger partial charge on any atom is -0.469 e. The molecule has 0 bridgehead atoms. The lowest BCUT2D eigenvalue weighted by atomic mass is 10.00. The van der Waals surface area contributed by atoms with E-state index in [2.05, 4.69) is 5.16 Å². The lowest BCUT2D eigenvalue weighted by molar-refractivity contribution is -0.140. The van der Waals surface area contributed by atoms with E-state index in [0.717, 1.165) is 41.0 Å². The predicted octanol–water partition coefficient (Wildman–Crippen LogP) is 6.69. The molecular formula is C30H30F6N2O3. The van der Waals surface area contributed by atoms with Crippen molar-refractivity contribution in [1.82, 2.24) is 4.90 Å². The third kappa shape index (κ3) is 9.34. The van der Waals surface area contributed by atoms with Gasteiger partial charge in [-0.2, -0.15) is 26.3 Å². The molecule has 0 atom stereocenters. The number of benzene rings is 3. The predicted molar refractivity (Wildman–Crippen MR) is 143 cm³/mol. The molecule has 11 heteroatoms. The largest absolute Gasteiger partial charge is 0.469 e. The van der Waals surface area contributed by atoms with Crippen molar-refractivity contribution in [2.45, 2.75) is 32.1 Å². The first-order chi connectivity index (χ1) is 19.3. The Hall–Kier alpha value is -3.86. The van der Waals surface area contributed by atoms with Crippen molar-refractivity contribution in [1.29, 1.82) is 0 Å². The number of alkyl halides is 6. The van der Waals surface area contributed by atoms with Crippen LogP contribution in [0.15, 0.2) is 71.9 Å². The molecule has 0 amide bonds. The number of oxime groups is 1. The molecule has 5 nitrogen and oxygen atoms in total. The van der Waals surface area contributed by atoms with E-state index in [0.29, 0.717) is 19.5 Å². The molecule has 0 aromatic heterocycles. The second-order valence-electron chi connectivity index (χ2n) is 9.49. The molecule has 0 aliphatic carbocycles. The number of hydrogen-bond donors (Lipinski definition) is 0. The fourth-order valence-electron chi connectivity index (χ4n) is 3.94. The number of carbonyl (C=O) groups excluding carboxylic acids is 1. The Morgan fingerprint density at radius 3 is 1.85 bits per heavy atom. The standard InChI is InChI=1S/C30H30F6N2O3/c1-20-4-5-21(18-24(20)19-27(39)40-3)14-15-38(2)16-17-41-37-28(22-6-10-25(11-7-22)29(31,32)33)23-8-12-26(13-9-23)30(34,35)36/h4-13,18H,14-17,19H2,1-3H3. The second-order valence-corrected chi connectivity index (χ2v) is 9.49. The number of likely N-dealkylation sites (N-methyl/N-ethyl adjacent to an activating group) is 1. The first-order valence-corrected chi connectivity index (χ1v) is 12.7. The summed E-state index contributed by atoms with van der Waals surface area (Å²) in [6, 6.07) is 14.2. The van der Waals surface area contributed by atoms with Gasteiger partial charge in [0.1, 0.15) is 12.3 Å². The molecule has 0 aliphatic rings. The maximum Gasteiger partial charge on any atom is 0.416 e. The Morgan fingerprint density at radius 1 is 0.829 bits per heavy atom. The molecule has 41 heavy (non-hydrogen) atoms. The zero-order chi connectivity index (χ0) is 30.2. The number of nitrogens with zero attached hydrogens (tertiary/aromatic N) is 2. The number of esters is 1. The van der Waals surface area contributed by atoms with Gasteiger partial charge in [-0.1, -0.05) is 47.6 Å². The molecule has 3 aromatic rings. The summed E-state index contributed by atoms with van der Waals surface area (Å²) in [5, 5.41) is 4.08. The summed E-state index contributed by atoms with van der Waals surface area (Å²) in [6.07, 6.45) is -8.17. The molecule has 0 aliphatic heterocycles. The van der Waals surface area contributed by atoms with Gasteiger partial charge in [0.15, 0.2) is 0 Å². The van der Waals surface area contributed by atoms with Crippen molar-refractivity contribution in [3.8, 4) is 0 Å². The van der Waals surface area contributed by atoms with E-state index in [9.17, 15) is 31.1 Å². The van der Waals surface area contributed by atoms with Gasteiger partial charge in [0, 0.05) is 24.2 Å². The van der Waals surface area contributed by atoms with Crippen LogP contribution in [0, 0.1) is 6.92 Å². The van der Waals surface area contributed by atoms with Gasteiger partial charge in [0.25, 0.3) is 0 Å². The molecule has 0 saturated carbocycles. The molecule has 0 fully saturated rings. The van der Waals surface area contributed by atoms with Crippen molar-refractivity contribution < 1.29 is 40.7 Å². The maximum atomic E-state index is 13.0. The summed E-state index contributed by atoms with van der Waals surface area (Å²) in [5.41, 5.74) is 1.84. The molecule has 0 heterocycles. The van der Waals surface area contributed by atoms with Crippen molar-refractivity contribution >= 4 is 11.7 Å². The van der Waals surface area contributed by atoms with Crippen LogP contribution in [0.1, 0.15) is 38.9 Å². The highest BCUT2D eigenvalue weighted by molar-refractivity contribution is 6.12. The average Bonchev–Trinajstić information content (AvgIpc) is 2.92. The van der Waals surface area contributed by atoms with E-state index in [4.69, 9.17) is 9.57 Å². The molecule has 0 N–H and O–H groups in total. The minimum atomic E-state index is -4.53. The van der Waals surface area contributed by atoms with Gasteiger partial charge < -0.3 is 14.5 Å². The van der Waals surface area contributed by atoms with Gasteiger partial charge in [-0.15, -0.1) is 0 Å². The SMILES string of the molecule is COC(=O)Cc1cc(CCN(C)CCON=C(c2ccc(C(F)(F)F)cc2)c2ccc(C(F)(F)F)cc2)ccc1C. The molecule has 0 spiro atoms. The van der Waals surface area contributed by atoms with Crippen LogP contribution in [0.3, 0.4) is 0 Å². The Balaban J connectivity index is 1.66. The van der Waals surface area contributed by atoms with Crippen LogP contribution < -0.4 is 0 Å². The third-order valence-corrected chi connectivity index (χ3v) is 6.45. The van der Waals surface area contributed by atoms with Crippen LogP contribution in [0.2, 0.25) is 0 Å². The highest BCUT2D eigenvalue weighted by Crippen LogP contribution is 2.31. The van der Waals surface area contributed by atoms with E-state index in [1.807, 2.05) is 37.1 Å². The second kappa shape index (κ2) is 13.7. The number of aryl methyl sites for hydroxylation is 1. The lowest BCUT2D eigenvalue weighted by Gasteiger charge is -2.17. The number of methoxy groups -OCH3 is 1. The van der Waals surface area contributed by atoms with Crippen molar-refractivity contribution in [2.75, 3.05) is 33.9 Å². The Labute approximate surface area is 234 Å². The van der Waals surface area contributed by atoms with E-state index in [-0.39, 0.29) is 35.8 Å². The quantitative estimate of drug-likeness (QED) is 0.0834. The summed E-state index contributed by atoms with van der Waals surface area (Å²) < 4.78 is 82.8. The molecule has 0 saturated heterocycles. The van der Waals surface area contributed by atoms with Crippen LogP contribution in [0.25, 0.3) is 0 Å². The van der Waals surface area contributed by atoms with Crippen LogP contribution in [-0.4, -0.2) is 50.4 Å². The third-order valence-electron chi connectivity index (χ3n) is 6.45. The van der Waals surface area contributed by atoms with Crippen molar-refractivity contribution in [3.05, 3.63) is 106 Å². The number of ether oxygens (including phenoxy) is 1. The minimum absolute atomic E-state index is 0.105. The van der Waals surface area contributed by atoms with E-state index in [1.165, 1.54) is 31.4 Å². The van der Waals surface area contributed by atoms with Crippen LogP contribution in [0.4, 0.5) is 26.3 Å². The highest BCUT2D eigenvalue weighted by atomic mass is 19.4. The molecule has 3 aromatic carbocycles. The zero-order valence-electron chi connectivity index (χ0n) is 22.8. The average molecular weight is 581 g/mol. The van der Waals surface area contributed by atoms with Crippen LogP contribution >= 0.6 is 0 Å². The molecular weight excluding hydrogens is 550 g/mol. The Morgan fingerprint density at radius 2 is 1.37 bits per heavy atom. The van der Waals surface area contributed by atoms with E-state index in [1.54, 1.807) is 0 Å². The fourth-order valence-corrected chi connectivity index (χ4v) is 3.94. The number of halogens is 6. The summed E-state index contributed by atoms with van der Waals surface area (Å²) in [4.78, 5) is 19.1. The zero-order valence-corrected chi connectivity index (χ0v) is 22.8. The normalized spacial score (nSPS) is 11.9. The van der Waals surface area contributed by atoms with Crippen LogP contribution in [-0.2, 0) is 39.6 Å². The first kappa shape index (κ1) is 31.7. The molecule has 0 unspecified atom stereocenters. The van der Waals surface area contributed by atoms with Crippen LogP contribution in [0.5, 0.6) is 0 Å². The van der Waals surface area contributed by atoms with Gasteiger partial charge in [0.05, 0.1) is 24.7 Å². The molecule has 0 radical (unpaired) electrons. The van der Waals surface area contributed by atoms with Crippen molar-refractivity contribution in [3.63, 3.8) is 0 Å². The van der Waals surface area contributed by atoms with E-state index < -0.39 is 23.5 Å². The fraction of sp³-hybridized carbons (Fsp3) is 0.333. The number of hydrogen-bond acceptors (Lipinski definition) is 5. The van der Waals surface area contributed by atoms with Gasteiger partial charge in [0.2, 0.25) is 0 Å². The topological polar surface area (TPSA) is 51.1 Å². The highest BCUT2D eigenvalue weighted by Gasteiger charge is 2.31. The van der Waals surface area contributed by atoms with Crippen molar-refractivity contribution in [2.24, 2.45) is 5.16 Å². The molecule has 220 valence electrons. The Kier molecular flexibility index (Phi) is 10.6. The summed E-state index contributed by atoms with van der Waals surface area (Å²) >= 11 is 0. The number of rotatable bonds is 11. The first-order valence-electron chi connectivity index (χ1n) is 12.7. The summed E-state index contributed by atoms with van der Waals surface area (Å²) in [7, 11) is 3.22. The smallest absolute Gasteiger partial charge is 0.416 e. The maximum absolute atomic E-state index is 13.0. The van der Waals surface area contributed by atoms with Gasteiger partial charge >= 0.3 is 18.3 Å². The lowest BCUT2D eigenvalue weighted by Crippen LogP contribution is -2.25. The number of carbonyl (C=O) groups is 1. The van der Waals surface area contributed by atoms with Gasteiger partial charge in [-0.25, -0.2) is 0 Å². The summed E-state index contributed by atoms with van der Waals surface area (Å²) in [5.74, 6) is -0.313.